The van der Waals surface area contributed by atoms with Gasteiger partial charge in [0.05, 0.1) is 6.61 Å². The second kappa shape index (κ2) is 14.8. The third-order valence-corrected chi connectivity index (χ3v) is 5.50. The number of nitrogens with one attached hydrogen (secondary N) is 2. The molecule has 2 N–H and O–H groups in total. The Balaban J connectivity index is 0.00000364. The maximum atomic E-state index is 5.24. The van der Waals surface area contributed by atoms with Crippen molar-refractivity contribution in [2.24, 2.45) is 4.99 Å². The summed E-state index contributed by atoms with van der Waals surface area (Å²) in [6, 6.07) is 1.53. The summed E-state index contributed by atoms with van der Waals surface area (Å²) >= 11 is 0. The monoisotopic (exact) mass is 495 g/mol. The summed E-state index contributed by atoms with van der Waals surface area (Å²) in [6.45, 7) is 12.6. The van der Waals surface area contributed by atoms with Crippen molar-refractivity contribution in [2.75, 3.05) is 59.5 Å². The van der Waals surface area contributed by atoms with Gasteiger partial charge in [-0.1, -0.05) is 6.42 Å². The van der Waals surface area contributed by atoms with E-state index in [4.69, 9.17) is 9.73 Å². The van der Waals surface area contributed by atoms with Crippen molar-refractivity contribution < 1.29 is 4.74 Å². The first-order chi connectivity index (χ1) is 12.7. The highest BCUT2D eigenvalue weighted by Crippen LogP contribution is 2.25. The number of hydrogen-bond donors (Lipinski definition) is 2. The minimum atomic E-state index is 0. The van der Waals surface area contributed by atoms with Crippen LogP contribution in [0.15, 0.2) is 4.99 Å². The van der Waals surface area contributed by atoms with E-state index in [1.807, 2.05) is 0 Å². The molecule has 2 fully saturated rings. The Kier molecular flexibility index (Phi) is 13.7. The Morgan fingerprint density at radius 1 is 1.19 bits per heavy atom. The average molecular weight is 495 g/mol. The molecule has 0 spiro atoms. The molecule has 160 valence electrons. The normalized spacial score (nSPS) is 21.2. The summed E-state index contributed by atoms with van der Waals surface area (Å²) in [4.78, 5) is 9.93. The van der Waals surface area contributed by atoms with E-state index in [1.165, 1.54) is 45.2 Å². The van der Waals surface area contributed by atoms with E-state index in [2.05, 4.69) is 34.3 Å². The molecule has 1 saturated heterocycles. The van der Waals surface area contributed by atoms with E-state index in [0.29, 0.717) is 0 Å². The van der Waals surface area contributed by atoms with Crippen LogP contribution in [0.2, 0.25) is 0 Å². The predicted octanol–water partition coefficient (Wildman–Crippen LogP) is 2.53. The van der Waals surface area contributed by atoms with Gasteiger partial charge in [0.1, 0.15) is 0 Å². The highest BCUT2D eigenvalue weighted by Gasteiger charge is 2.28. The van der Waals surface area contributed by atoms with Crippen LogP contribution >= 0.6 is 24.0 Å². The molecule has 0 amide bonds. The zero-order chi connectivity index (χ0) is 18.6. The second-order valence-corrected chi connectivity index (χ2v) is 7.68. The average Bonchev–Trinajstić information content (AvgIpc) is 3.48. The minimum absolute atomic E-state index is 0. The van der Waals surface area contributed by atoms with Gasteiger partial charge in [-0.15, -0.1) is 24.0 Å². The van der Waals surface area contributed by atoms with Crippen LogP contribution in [0.4, 0.5) is 0 Å². The van der Waals surface area contributed by atoms with Gasteiger partial charge < -0.3 is 20.3 Å². The number of aliphatic imine (C=N–C) groups is 1. The molecule has 1 aliphatic carbocycles. The second-order valence-electron chi connectivity index (χ2n) is 7.68. The fourth-order valence-corrected chi connectivity index (χ4v) is 3.74. The van der Waals surface area contributed by atoms with Gasteiger partial charge in [-0.3, -0.25) is 9.89 Å². The molecule has 0 bridgehead atoms. The van der Waals surface area contributed by atoms with E-state index < -0.39 is 0 Å². The lowest BCUT2D eigenvalue weighted by atomic mass is 10.0. The Morgan fingerprint density at radius 2 is 2.00 bits per heavy atom. The van der Waals surface area contributed by atoms with Gasteiger partial charge in [-0.05, 0) is 52.5 Å². The van der Waals surface area contributed by atoms with Crippen molar-refractivity contribution in [3.63, 3.8) is 0 Å². The Labute approximate surface area is 183 Å². The Hall–Kier alpha value is -0.120. The molecular weight excluding hydrogens is 453 g/mol. The van der Waals surface area contributed by atoms with Crippen LogP contribution in [0, 0.1) is 0 Å². The van der Waals surface area contributed by atoms with Crippen molar-refractivity contribution in [2.45, 2.75) is 64.5 Å². The Bertz CT molecular complexity index is 406. The zero-order valence-corrected chi connectivity index (χ0v) is 20.0. The number of methoxy groups -OCH3 is 1. The molecule has 2 aliphatic rings. The van der Waals surface area contributed by atoms with Crippen LogP contribution in [-0.2, 0) is 4.74 Å². The molecular formula is C20H42IN5O. The molecule has 0 radical (unpaired) electrons. The van der Waals surface area contributed by atoms with Crippen molar-refractivity contribution in [3.8, 4) is 0 Å². The lowest BCUT2D eigenvalue weighted by Gasteiger charge is -2.33. The summed E-state index contributed by atoms with van der Waals surface area (Å²) in [7, 11) is 1.78. The summed E-state index contributed by atoms with van der Waals surface area (Å²) in [5.74, 6) is 0.960. The largest absolute Gasteiger partial charge is 0.383 e. The predicted molar refractivity (Wildman–Crippen MR) is 125 cm³/mol. The van der Waals surface area contributed by atoms with Gasteiger partial charge in [0, 0.05) is 58.5 Å². The van der Waals surface area contributed by atoms with Crippen molar-refractivity contribution in [1.82, 2.24) is 20.4 Å². The molecule has 0 aromatic heterocycles. The van der Waals surface area contributed by atoms with Crippen LogP contribution in [0.3, 0.4) is 0 Å². The first-order valence-corrected chi connectivity index (χ1v) is 10.7. The summed E-state index contributed by atoms with van der Waals surface area (Å²) in [6.07, 6.45) is 7.93. The number of halogens is 1. The first-order valence-electron chi connectivity index (χ1n) is 10.7. The third kappa shape index (κ3) is 10.3. The van der Waals surface area contributed by atoms with Crippen LogP contribution in [0.5, 0.6) is 0 Å². The number of piperidine rings is 1. The zero-order valence-electron chi connectivity index (χ0n) is 17.7. The number of rotatable bonds is 12. The molecule has 0 aromatic carbocycles. The first kappa shape index (κ1) is 24.9. The molecule has 1 saturated carbocycles. The molecule has 6 nitrogen and oxygen atoms in total. The molecule has 7 heteroatoms. The molecule has 2 rings (SSSR count). The Morgan fingerprint density at radius 3 is 2.67 bits per heavy atom. The molecule has 0 aromatic rings. The number of nitrogens with zero attached hydrogens (tertiary/aromatic N) is 3. The number of hydrogen-bond acceptors (Lipinski definition) is 4. The molecule has 1 aliphatic heterocycles. The summed E-state index contributed by atoms with van der Waals surface area (Å²) in [5.41, 5.74) is 0. The van der Waals surface area contributed by atoms with E-state index in [0.717, 1.165) is 63.8 Å². The lowest BCUT2D eigenvalue weighted by Crippen LogP contribution is -2.43. The quantitative estimate of drug-likeness (QED) is 0.189. The number of ether oxygens (including phenoxy) is 1. The van der Waals surface area contributed by atoms with Gasteiger partial charge in [-0.2, -0.15) is 0 Å². The van der Waals surface area contributed by atoms with E-state index in [-0.39, 0.29) is 24.0 Å². The maximum Gasteiger partial charge on any atom is 0.191 e. The smallest absolute Gasteiger partial charge is 0.191 e. The molecule has 27 heavy (non-hydrogen) atoms. The van der Waals surface area contributed by atoms with Crippen LogP contribution in [-0.4, -0.2) is 87.4 Å². The van der Waals surface area contributed by atoms with Gasteiger partial charge in [-0.25, -0.2) is 0 Å². The van der Waals surface area contributed by atoms with E-state index in [9.17, 15) is 0 Å². The molecule has 1 unspecified atom stereocenters. The van der Waals surface area contributed by atoms with E-state index in [1.54, 1.807) is 7.11 Å². The van der Waals surface area contributed by atoms with Crippen LogP contribution < -0.4 is 10.6 Å². The van der Waals surface area contributed by atoms with Gasteiger partial charge in [0.25, 0.3) is 0 Å². The minimum Gasteiger partial charge on any atom is -0.383 e. The van der Waals surface area contributed by atoms with Gasteiger partial charge >= 0.3 is 0 Å². The lowest BCUT2D eigenvalue weighted by molar-refractivity contribution is 0.144. The van der Waals surface area contributed by atoms with Crippen LogP contribution in [0.1, 0.15) is 52.4 Å². The highest BCUT2D eigenvalue weighted by molar-refractivity contribution is 14.0. The standard InChI is InChI=1S/C20H41N5O.HI/c1-4-21-20(22-11-7-14-24-13-6-5-8-18(24)2)23-12-15-25(16-17-26-3)19-9-10-19;/h18-19H,4-17H2,1-3H3,(H2,21,22,23);1H. The SMILES string of the molecule is CCNC(=NCCCN1CCCCC1C)NCCN(CCOC)C1CC1.I. The summed E-state index contributed by atoms with van der Waals surface area (Å²) < 4.78 is 5.24. The summed E-state index contributed by atoms with van der Waals surface area (Å²) in [5, 5.41) is 6.87. The number of likely N-dealkylation sites (tertiary alicyclic amines) is 1. The maximum absolute atomic E-state index is 5.24. The van der Waals surface area contributed by atoms with Crippen molar-refractivity contribution in [1.29, 1.82) is 0 Å². The highest BCUT2D eigenvalue weighted by atomic mass is 127. The molecule has 1 heterocycles. The van der Waals surface area contributed by atoms with Gasteiger partial charge in [0.2, 0.25) is 0 Å². The number of guanidine groups is 1. The van der Waals surface area contributed by atoms with E-state index >= 15 is 0 Å². The van der Waals surface area contributed by atoms with Crippen LogP contribution in [0.25, 0.3) is 0 Å². The molecule has 1 atom stereocenters. The third-order valence-electron chi connectivity index (χ3n) is 5.50. The fraction of sp³-hybridized carbons (Fsp3) is 0.950. The fourth-order valence-electron chi connectivity index (χ4n) is 3.74. The van der Waals surface area contributed by atoms with Crippen molar-refractivity contribution in [3.05, 3.63) is 0 Å². The van der Waals surface area contributed by atoms with Crippen molar-refractivity contribution >= 4 is 29.9 Å². The topological polar surface area (TPSA) is 52.1 Å². The van der Waals surface area contributed by atoms with Gasteiger partial charge in [0.15, 0.2) is 5.96 Å².